The van der Waals surface area contributed by atoms with E-state index >= 15 is 0 Å². The van der Waals surface area contributed by atoms with E-state index in [0.29, 0.717) is 31.1 Å². The monoisotopic (exact) mass is 227 g/mol. The molecule has 1 aliphatic rings. The van der Waals surface area contributed by atoms with Gasteiger partial charge in [-0.2, -0.15) is 4.98 Å². The molecule has 1 fully saturated rings. The molecule has 1 aromatic heterocycles. The highest BCUT2D eigenvalue weighted by molar-refractivity contribution is 4.98. The minimum absolute atomic E-state index is 0.0194. The first kappa shape index (κ1) is 11.5. The second kappa shape index (κ2) is 4.90. The van der Waals surface area contributed by atoms with Crippen LogP contribution >= 0.6 is 0 Å². The van der Waals surface area contributed by atoms with Crippen molar-refractivity contribution in [2.24, 2.45) is 0 Å². The zero-order valence-corrected chi connectivity index (χ0v) is 9.51. The zero-order chi connectivity index (χ0) is 11.5. The molecule has 0 radical (unpaired) electrons. The van der Waals surface area contributed by atoms with Crippen LogP contribution in [-0.2, 0) is 11.2 Å². The molecule has 16 heavy (non-hydrogen) atoms. The summed E-state index contributed by atoms with van der Waals surface area (Å²) in [5.74, 6) is 1.20. The summed E-state index contributed by atoms with van der Waals surface area (Å²) in [7, 11) is 1.65. The molecule has 0 spiro atoms. The number of aromatic nitrogens is 2. The van der Waals surface area contributed by atoms with Crippen molar-refractivity contribution >= 4 is 0 Å². The molecule has 1 unspecified atom stereocenters. The third-order valence-electron chi connectivity index (χ3n) is 2.76. The first-order valence-corrected chi connectivity index (χ1v) is 5.45. The Morgan fingerprint density at radius 1 is 1.69 bits per heavy atom. The van der Waals surface area contributed by atoms with Crippen molar-refractivity contribution in [3.63, 3.8) is 0 Å². The standard InChI is InChI=1S/C10H17N3O3/c1-6(15-2)3-9-12-10(16-13-9)8-4-7(14)5-11-8/h6-8,11,14H,3-5H2,1-2H3/t6?,7-,8+/m0/s1. The van der Waals surface area contributed by atoms with Crippen LogP contribution in [0.3, 0.4) is 0 Å². The molecule has 6 nitrogen and oxygen atoms in total. The maximum atomic E-state index is 9.38. The lowest BCUT2D eigenvalue weighted by Crippen LogP contribution is -2.15. The lowest BCUT2D eigenvalue weighted by Gasteiger charge is -2.04. The maximum absolute atomic E-state index is 9.38. The number of aliphatic hydroxyl groups is 1. The van der Waals surface area contributed by atoms with Gasteiger partial charge in [0, 0.05) is 20.1 Å². The highest BCUT2D eigenvalue weighted by Crippen LogP contribution is 2.21. The summed E-state index contributed by atoms with van der Waals surface area (Å²) in [6.07, 6.45) is 1.02. The molecule has 2 N–H and O–H groups in total. The number of methoxy groups -OCH3 is 1. The summed E-state index contributed by atoms with van der Waals surface area (Å²) in [5, 5.41) is 16.4. The number of nitrogens with one attached hydrogen (secondary N) is 1. The predicted molar refractivity (Wildman–Crippen MR) is 55.8 cm³/mol. The first-order chi connectivity index (χ1) is 7.69. The highest BCUT2D eigenvalue weighted by Gasteiger charge is 2.28. The second-order valence-electron chi connectivity index (χ2n) is 4.15. The quantitative estimate of drug-likeness (QED) is 0.756. The van der Waals surface area contributed by atoms with E-state index in [9.17, 15) is 5.11 Å². The van der Waals surface area contributed by atoms with E-state index in [1.807, 2.05) is 6.92 Å². The third-order valence-corrected chi connectivity index (χ3v) is 2.76. The van der Waals surface area contributed by atoms with Crippen LogP contribution in [0.4, 0.5) is 0 Å². The maximum Gasteiger partial charge on any atom is 0.243 e. The van der Waals surface area contributed by atoms with Gasteiger partial charge in [-0.1, -0.05) is 5.16 Å². The Kier molecular flexibility index (Phi) is 3.52. The normalized spacial score (nSPS) is 27.2. The van der Waals surface area contributed by atoms with Crippen LogP contribution in [0.5, 0.6) is 0 Å². The van der Waals surface area contributed by atoms with E-state index < -0.39 is 0 Å². The van der Waals surface area contributed by atoms with E-state index in [1.165, 1.54) is 0 Å². The molecule has 1 aliphatic heterocycles. The van der Waals surface area contributed by atoms with Crippen LogP contribution in [0.25, 0.3) is 0 Å². The number of hydrogen-bond acceptors (Lipinski definition) is 6. The lowest BCUT2D eigenvalue weighted by molar-refractivity contribution is 0.116. The van der Waals surface area contributed by atoms with Gasteiger partial charge in [0.1, 0.15) is 0 Å². The van der Waals surface area contributed by atoms with Gasteiger partial charge in [-0.25, -0.2) is 0 Å². The molecule has 1 aromatic rings. The van der Waals surface area contributed by atoms with Crippen LogP contribution in [0.15, 0.2) is 4.52 Å². The molecule has 3 atom stereocenters. The van der Waals surface area contributed by atoms with Gasteiger partial charge in [0.05, 0.1) is 18.2 Å². The van der Waals surface area contributed by atoms with Crippen molar-refractivity contribution in [3.05, 3.63) is 11.7 Å². The number of rotatable bonds is 4. The second-order valence-corrected chi connectivity index (χ2v) is 4.15. The van der Waals surface area contributed by atoms with Gasteiger partial charge in [-0.15, -0.1) is 0 Å². The smallest absolute Gasteiger partial charge is 0.243 e. The van der Waals surface area contributed by atoms with E-state index in [4.69, 9.17) is 9.26 Å². The number of hydrogen-bond donors (Lipinski definition) is 2. The number of aliphatic hydroxyl groups excluding tert-OH is 1. The van der Waals surface area contributed by atoms with E-state index in [1.54, 1.807) is 7.11 Å². The molecule has 0 aliphatic carbocycles. The SMILES string of the molecule is COC(C)Cc1noc([C@H]2C[C@H](O)CN2)n1. The summed E-state index contributed by atoms with van der Waals surface area (Å²) in [6, 6.07) is -0.0194. The Morgan fingerprint density at radius 2 is 2.50 bits per heavy atom. The molecule has 2 heterocycles. The van der Waals surface area contributed by atoms with Crippen molar-refractivity contribution in [3.8, 4) is 0 Å². The van der Waals surface area contributed by atoms with Crippen LogP contribution in [-0.4, -0.2) is 41.1 Å². The largest absolute Gasteiger partial charge is 0.392 e. The minimum Gasteiger partial charge on any atom is -0.392 e. The number of β-amino-alcohol motifs (C(OH)–C–C–N with tert-alkyl or cyclic N) is 1. The summed E-state index contributed by atoms with van der Waals surface area (Å²) in [6.45, 7) is 2.53. The molecule has 0 amide bonds. The Hall–Kier alpha value is -0.980. The van der Waals surface area contributed by atoms with Crippen molar-refractivity contribution in [1.82, 2.24) is 15.5 Å². The van der Waals surface area contributed by atoms with Gasteiger partial charge >= 0.3 is 0 Å². The Morgan fingerprint density at radius 3 is 3.12 bits per heavy atom. The van der Waals surface area contributed by atoms with Gasteiger partial charge in [0.2, 0.25) is 5.89 Å². The summed E-state index contributed by atoms with van der Waals surface area (Å²) >= 11 is 0. The average molecular weight is 227 g/mol. The Bertz CT molecular complexity index is 342. The predicted octanol–water partition coefficient (Wildman–Crippen LogP) is 0.0423. The molecule has 0 saturated carbocycles. The van der Waals surface area contributed by atoms with Crippen molar-refractivity contribution < 1.29 is 14.4 Å². The van der Waals surface area contributed by atoms with E-state index in [0.717, 1.165) is 0 Å². The molecule has 0 aromatic carbocycles. The van der Waals surface area contributed by atoms with Crippen molar-refractivity contribution in [2.45, 2.75) is 38.0 Å². The van der Waals surface area contributed by atoms with Crippen molar-refractivity contribution in [2.75, 3.05) is 13.7 Å². The molecule has 6 heteroatoms. The molecule has 0 bridgehead atoms. The fraction of sp³-hybridized carbons (Fsp3) is 0.800. The van der Waals surface area contributed by atoms with E-state index in [-0.39, 0.29) is 18.2 Å². The molecular weight excluding hydrogens is 210 g/mol. The number of ether oxygens (including phenoxy) is 1. The van der Waals surface area contributed by atoms with Gasteiger partial charge in [-0.3, -0.25) is 0 Å². The van der Waals surface area contributed by atoms with Crippen LogP contribution in [0, 0.1) is 0 Å². The third kappa shape index (κ3) is 2.58. The fourth-order valence-electron chi connectivity index (χ4n) is 1.74. The summed E-state index contributed by atoms with van der Waals surface area (Å²) in [4.78, 5) is 4.28. The van der Waals surface area contributed by atoms with Gasteiger partial charge in [0.25, 0.3) is 0 Å². The minimum atomic E-state index is -0.321. The Balaban J connectivity index is 1.97. The van der Waals surface area contributed by atoms with Crippen LogP contribution in [0.1, 0.15) is 31.1 Å². The summed E-state index contributed by atoms with van der Waals surface area (Å²) < 4.78 is 10.3. The van der Waals surface area contributed by atoms with E-state index in [2.05, 4.69) is 15.5 Å². The zero-order valence-electron chi connectivity index (χ0n) is 9.51. The molecular formula is C10H17N3O3. The first-order valence-electron chi connectivity index (χ1n) is 5.45. The van der Waals surface area contributed by atoms with Gasteiger partial charge in [-0.05, 0) is 13.3 Å². The topological polar surface area (TPSA) is 80.4 Å². The fourth-order valence-corrected chi connectivity index (χ4v) is 1.74. The lowest BCUT2D eigenvalue weighted by atomic mass is 10.2. The van der Waals surface area contributed by atoms with Crippen LogP contribution < -0.4 is 5.32 Å². The number of nitrogens with zero attached hydrogens (tertiary/aromatic N) is 2. The Labute approximate surface area is 94.0 Å². The molecule has 1 saturated heterocycles. The highest BCUT2D eigenvalue weighted by atomic mass is 16.5. The molecule has 90 valence electrons. The van der Waals surface area contributed by atoms with Crippen LogP contribution in [0.2, 0.25) is 0 Å². The van der Waals surface area contributed by atoms with Gasteiger partial charge in [0.15, 0.2) is 5.82 Å². The average Bonchev–Trinajstić information content (AvgIpc) is 2.87. The molecule has 2 rings (SSSR count). The summed E-state index contributed by atoms with van der Waals surface area (Å²) in [5.41, 5.74) is 0. The van der Waals surface area contributed by atoms with Gasteiger partial charge < -0.3 is 19.7 Å². The van der Waals surface area contributed by atoms with Crippen molar-refractivity contribution in [1.29, 1.82) is 0 Å².